The molecule has 8 heteroatoms. The van der Waals surface area contributed by atoms with Crippen LogP contribution in [0, 0.1) is 0 Å². The molecule has 1 aliphatic rings. The molecular weight excluding hydrogens is 380 g/mol. The van der Waals surface area contributed by atoms with Crippen LogP contribution in [0.3, 0.4) is 0 Å². The fourth-order valence-corrected chi connectivity index (χ4v) is 5.05. The van der Waals surface area contributed by atoms with Gasteiger partial charge in [0, 0.05) is 12.6 Å². The molecular formula is C19H20N4O2S2. The second-order valence-electron chi connectivity index (χ2n) is 6.47. The normalized spacial score (nSPS) is 13.5. The van der Waals surface area contributed by atoms with Gasteiger partial charge in [0.1, 0.15) is 0 Å². The molecule has 140 valence electrons. The number of benzene rings is 1. The van der Waals surface area contributed by atoms with E-state index in [0.29, 0.717) is 18.8 Å². The smallest absolute Gasteiger partial charge is 0.267 e. The average molecular weight is 401 g/mol. The van der Waals surface area contributed by atoms with Crippen molar-refractivity contribution >= 4 is 39.2 Å². The highest BCUT2D eigenvalue weighted by molar-refractivity contribution is 8.01. The third-order valence-corrected chi connectivity index (χ3v) is 6.70. The van der Waals surface area contributed by atoms with E-state index < -0.39 is 0 Å². The highest BCUT2D eigenvalue weighted by atomic mass is 32.2. The van der Waals surface area contributed by atoms with Crippen molar-refractivity contribution in [3.05, 3.63) is 51.9 Å². The highest BCUT2D eigenvalue weighted by Gasteiger charge is 2.13. The molecule has 0 bridgehead atoms. The van der Waals surface area contributed by atoms with Crippen LogP contribution in [0.1, 0.15) is 24.1 Å². The number of fused-ring (bicyclic) bond motifs is 2. The largest absolute Gasteiger partial charge is 0.354 e. The van der Waals surface area contributed by atoms with Crippen LogP contribution < -0.4 is 10.9 Å². The molecule has 2 aromatic heterocycles. The highest BCUT2D eigenvalue weighted by Crippen LogP contribution is 2.28. The molecule has 0 saturated heterocycles. The van der Waals surface area contributed by atoms with Gasteiger partial charge in [-0.1, -0.05) is 23.9 Å². The van der Waals surface area contributed by atoms with E-state index in [1.807, 2.05) is 24.3 Å². The van der Waals surface area contributed by atoms with Gasteiger partial charge in [-0.05, 0) is 43.4 Å². The van der Waals surface area contributed by atoms with Gasteiger partial charge in [-0.15, -0.1) is 11.3 Å². The van der Waals surface area contributed by atoms with Crippen molar-refractivity contribution in [1.29, 1.82) is 0 Å². The van der Waals surface area contributed by atoms with Gasteiger partial charge in [-0.3, -0.25) is 9.59 Å². The third-order valence-electron chi connectivity index (χ3n) is 4.52. The number of nitrogens with one attached hydrogen (secondary N) is 1. The summed E-state index contributed by atoms with van der Waals surface area (Å²) < 4.78 is 3.47. The molecule has 0 aliphatic heterocycles. The van der Waals surface area contributed by atoms with E-state index in [1.165, 1.54) is 16.4 Å². The van der Waals surface area contributed by atoms with Gasteiger partial charge in [0.15, 0.2) is 4.34 Å². The van der Waals surface area contributed by atoms with Gasteiger partial charge in [0.2, 0.25) is 5.91 Å². The Morgan fingerprint density at radius 1 is 1.26 bits per heavy atom. The SMILES string of the molecule is O=C(CSc1nc2ccccc2s1)NCCn1nc2c(cc1=O)CCCC2. The average Bonchev–Trinajstić information content (AvgIpc) is 3.10. The molecule has 27 heavy (non-hydrogen) atoms. The molecule has 1 aliphatic carbocycles. The van der Waals surface area contributed by atoms with Crippen LogP contribution in [0.15, 0.2) is 39.5 Å². The van der Waals surface area contributed by atoms with Crippen LogP contribution in [0.25, 0.3) is 10.2 Å². The summed E-state index contributed by atoms with van der Waals surface area (Å²) in [6.45, 7) is 0.786. The minimum absolute atomic E-state index is 0.0646. The van der Waals surface area contributed by atoms with E-state index >= 15 is 0 Å². The lowest BCUT2D eigenvalue weighted by Gasteiger charge is -2.15. The van der Waals surface area contributed by atoms with E-state index in [9.17, 15) is 9.59 Å². The second kappa shape index (κ2) is 8.22. The number of nitrogens with zero attached hydrogens (tertiary/aromatic N) is 3. The molecule has 3 aromatic rings. The number of carbonyl (C=O) groups excluding carboxylic acids is 1. The topological polar surface area (TPSA) is 76.9 Å². The van der Waals surface area contributed by atoms with Crippen molar-refractivity contribution in [3.8, 4) is 0 Å². The molecule has 1 N–H and O–H groups in total. The standard InChI is InChI=1S/C19H20N4O2S2/c24-17(12-26-19-21-15-7-3-4-8-16(15)27-19)20-9-10-23-18(25)11-13-5-1-2-6-14(13)22-23/h3-4,7-8,11H,1-2,5-6,9-10,12H2,(H,20,24). The van der Waals surface area contributed by atoms with Gasteiger partial charge < -0.3 is 5.32 Å². The number of thiazole rings is 1. The summed E-state index contributed by atoms with van der Waals surface area (Å²) >= 11 is 3.02. The number of carbonyl (C=O) groups is 1. The van der Waals surface area contributed by atoms with Crippen molar-refractivity contribution in [2.75, 3.05) is 12.3 Å². The number of hydrogen-bond acceptors (Lipinski definition) is 6. The maximum atomic E-state index is 12.1. The minimum Gasteiger partial charge on any atom is -0.354 e. The summed E-state index contributed by atoms with van der Waals surface area (Å²) in [5.41, 5.74) is 2.98. The first kappa shape index (κ1) is 18.2. The first-order valence-corrected chi connectivity index (χ1v) is 10.8. The Morgan fingerprint density at radius 2 is 2.11 bits per heavy atom. The Labute approximate surface area is 165 Å². The molecule has 0 radical (unpaired) electrons. The number of amides is 1. The molecule has 0 unspecified atom stereocenters. The zero-order valence-electron chi connectivity index (χ0n) is 14.8. The number of aryl methyl sites for hydroxylation is 2. The first-order chi connectivity index (χ1) is 13.2. The number of rotatable bonds is 6. The van der Waals surface area contributed by atoms with Crippen molar-refractivity contribution in [3.63, 3.8) is 0 Å². The summed E-state index contributed by atoms with van der Waals surface area (Å²) in [5.74, 6) is 0.247. The van der Waals surface area contributed by atoms with Crippen LogP contribution in [0.4, 0.5) is 0 Å². The lowest BCUT2D eigenvalue weighted by molar-refractivity contribution is -0.118. The van der Waals surface area contributed by atoms with Crippen molar-refractivity contribution in [2.45, 2.75) is 36.6 Å². The van der Waals surface area contributed by atoms with Crippen LogP contribution in [0.2, 0.25) is 0 Å². The van der Waals surface area contributed by atoms with Gasteiger partial charge in [-0.25, -0.2) is 9.67 Å². The molecule has 0 spiro atoms. The molecule has 0 fully saturated rings. The van der Waals surface area contributed by atoms with Crippen LogP contribution in [-0.2, 0) is 24.2 Å². The summed E-state index contributed by atoms with van der Waals surface area (Å²) in [6, 6.07) is 9.64. The number of thioether (sulfide) groups is 1. The Bertz CT molecular complexity index is 995. The van der Waals surface area contributed by atoms with E-state index in [4.69, 9.17) is 0 Å². The number of aromatic nitrogens is 3. The molecule has 2 heterocycles. The predicted octanol–water partition coefficient (Wildman–Crippen LogP) is 2.64. The Balaban J connectivity index is 1.27. The minimum atomic E-state index is -0.0891. The molecule has 1 aromatic carbocycles. The van der Waals surface area contributed by atoms with Gasteiger partial charge in [-0.2, -0.15) is 5.10 Å². The summed E-state index contributed by atoms with van der Waals surface area (Å²) in [7, 11) is 0. The molecule has 6 nitrogen and oxygen atoms in total. The van der Waals surface area contributed by atoms with Crippen LogP contribution >= 0.6 is 23.1 Å². The maximum absolute atomic E-state index is 12.1. The fourth-order valence-electron chi connectivity index (χ4n) is 3.15. The van der Waals surface area contributed by atoms with E-state index in [-0.39, 0.29) is 11.5 Å². The Hall–Kier alpha value is -2.19. The summed E-state index contributed by atoms with van der Waals surface area (Å²) in [6.07, 6.45) is 4.12. The summed E-state index contributed by atoms with van der Waals surface area (Å²) in [4.78, 5) is 28.7. The third kappa shape index (κ3) is 4.39. The number of hydrogen-bond donors (Lipinski definition) is 1. The lowest BCUT2D eigenvalue weighted by atomic mass is 9.97. The van der Waals surface area contributed by atoms with Crippen LogP contribution in [0.5, 0.6) is 0 Å². The molecule has 1 amide bonds. The Morgan fingerprint density at radius 3 is 3.00 bits per heavy atom. The maximum Gasteiger partial charge on any atom is 0.267 e. The Kier molecular flexibility index (Phi) is 5.54. The van der Waals surface area contributed by atoms with Gasteiger partial charge in [0.05, 0.1) is 28.2 Å². The van der Waals surface area contributed by atoms with E-state index in [0.717, 1.165) is 51.5 Å². The van der Waals surface area contributed by atoms with Gasteiger partial charge in [0.25, 0.3) is 5.56 Å². The van der Waals surface area contributed by atoms with Gasteiger partial charge >= 0.3 is 0 Å². The molecule has 0 saturated carbocycles. The molecule has 0 atom stereocenters. The first-order valence-electron chi connectivity index (χ1n) is 9.04. The number of para-hydroxylation sites is 1. The van der Waals surface area contributed by atoms with Crippen molar-refractivity contribution in [2.24, 2.45) is 0 Å². The monoisotopic (exact) mass is 400 g/mol. The lowest BCUT2D eigenvalue weighted by Crippen LogP contribution is -2.33. The van der Waals surface area contributed by atoms with E-state index in [1.54, 1.807) is 17.4 Å². The quantitative estimate of drug-likeness (QED) is 0.644. The van der Waals surface area contributed by atoms with Crippen molar-refractivity contribution < 1.29 is 4.79 Å². The fraction of sp³-hybridized carbons (Fsp3) is 0.368. The molecule has 4 rings (SSSR count). The second-order valence-corrected chi connectivity index (χ2v) is 8.72. The predicted molar refractivity (Wildman–Crippen MR) is 108 cm³/mol. The van der Waals surface area contributed by atoms with Crippen LogP contribution in [-0.4, -0.2) is 33.0 Å². The zero-order chi connectivity index (χ0) is 18.6. The van der Waals surface area contributed by atoms with E-state index in [2.05, 4.69) is 15.4 Å². The summed E-state index contributed by atoms with van der Waals surface area (Å²) in [5, 5.41) is 7.33. The zero-order valence-corrected chi connectivity index (χ0v) is 16.4. The van der Waals surface area contributed by atoms with Crippen molar-refractivity contribution in [1.82, 2.24) is 20.1 Å².